The fourth-order valence-corrected chi connectivity index (χ4v) is 11.9. The highest BCUT2D eigenvalue weighted by atomic mass is 32.2. The molecule has 4 bridgehead atoms. The monoisotopic (exact) mass is 859 g/mol. The van der Waals surface area contributed by atoms with E-state index in [0.717, 1.165) is 18.1 Å². The topological polar surface area (TPSA) is 193 Å². The SMILES string of the molecule is C=COC(=O)Oc1cc2c(cc1OC)[C@@]1(CS[C@@H]3c4c(O)c(C)c5c(c4[C@H](COC1=O)N1C3[C@@H]3c4c(cc(C)c(OC)c4OC(=O)OC=C)C[C@@H]([C@@H]1O)N3C)OCO5)NCC2. The molecule has 17 nitrogen and oxygen atoms in total. The van der Waals surface area contributed by atoms with Gasteiger partial charge in [0.15, 0.2) is 40.0 Å². The van der Waals surface area contributed by atoms with Gasteiger partial charge < -0.3 is 52.8 Å². The molecule has 61 heavy (non-hydrogen) atoms. The largest absolute Gasteiger partial charge is 0.518 e. The highest BCUT2D eigenvalue weighted by Crippen LogP contribution is 2.64. The maximum Gasteiger partial charge on any atom is 0.518 e. The predicted octanol–water partition coefficient (Wildman–Crippen LogP) is 5.10. The van der Waals surface area contributed by atoms with Crippen LogP contribution >= 0.6 is 11.8 Å². The average Bonchev–Trinajstić information content (AvgIpc) is 3.73. The van der Waals surface area contributed by atoms with Crippen molar-refractivity contribution in [3.8, 4) is 40.2 Å². The van der Waals surface area contributed by atoms with Crippen LogP contribution in [0.2, 0.25) is 0 Å². The number of likely N-dealkylation sites (N-methyl/N-ethyl adjacent to an activating group) is 1. The molecular formula is C43H45N3O14S. The van der Waals surface area contributed by atoms with E-state index in [0.29, 0.717) is 75.6 Å². The van der Waals surface area contributed by atoms with Gasteiger partial charge in [0.1, 0.15) is 18.6 Å². The summed E-state index contributed by atoms with van der Waals surface area (Å²) >= 11 is 1.39. The molecule has 3 N–H and O–H groups in total. The number of esters is 1. The van der Waals surface area contributed by atoms with E-state index in [2.05, 4.69) is 23.4 Å². The molecule has 0 saturated carbocycles. The Hall–Kier alpha value is -5.66. The van der Waals surface area contributed by atoms with Gasteiger partial charge in [0, 0.05) is 40.6 Å². The molecule has 0 amide bonds. The molecule has 7 atom stereocenters. The highest BCUT2D eigenvalue weighted by molar-refractivity contribution is 7.99. The molecule has 3 aromatic rings. The van der Waals surface area contributed by atoms with E-state index in [-0.39, 0.29) is 42.2 Å². The second kappa shape index (κ2) is 15.4. The number of aliphatic hydroxyl groups is 1. The van der Waals surface area contributed by atoms with Crippen molar-refractivity contribution >= 4 is 30.0 Å². The minimum atomic E-state index is -1.47. The number of aliphatic hydroxyl groups excluding tert-OH is 1. The molecule has 18 heteroatoms. The summed E-state index contributed by atoms with van der Waals surface area (Å²) in [6, 6.07) is 2.67. The van der Waals surface area contributed by atoms with Crippen molar-refractivity contribution in [1.82, 2.24) is 15.1 Å². The first kappa shape index (κ1) is 40.7. The lowest BCUT2D eigenvalue weighted by Gasteiger charge is -2.62. The number of benzene rings is 3. The number of fused-ring (bicyclic) bond motifs is 9. The number of hydrogen-bond acceptors (Lipinski definition) is 18. The Kier molecular flexibility index (Phi) is 10.3. The van der Waals surface area contributed by atoms with Crippen molar-refractivity contribution in [3.63, 3.8) is 0 Å². The number of rotatable bonds is 6. The van der Waals surface area contributed by atoms with Crippen LogP contribution in [-0.2, 0) is 37.4 Å². The number of methoxy groups -OCH3 is 2. The fraction of sp³-hybridized carbons (Fsp3) is 0.419. The number of carbonyl (C=O) groups is 3. The smallest absolute Gasteiger partial charge is 0.507 e. The summed E-state index contributed by atoms with van der Waals surface area (Å²) in [5.74, 6) is 0.997. The number of nitrogens with zero attached hydrogens (tertiary/aromatic N) is 2. The van der Waals surface area contributed by atoms with Crippen LogP contribution in [0.15, 0.2) is 43.9 Å². The third-order valence-electron chi connectivity index (χ3n) is 12.7. The van der Waals surface area contributed by atoms with Gasteiger partial charge in [0.2, 0.25) is 6.79 Å². The number of ether oxygens (including phenoxy) is 9. The minimum Gasteiger partial charge on any atom is -0.507 e. The normalized spacial score (nSPS) is 27.0. The summed E-state index contributed by atoms with van der Waals surface area (Å²) in [5.41, 5.74) is 3.55. The molecule has 3 aromatic carbocycles. The Bertz CT molecular complexity index is 2390. The van der Waals surface area contributed by atoms with Gasteiger partial charge in [-0.15, -0.1) is 11.8 Å². The molecule has 1 spiro atoms. The van der Waals surface area contributed by atoms with Crippen molar-refractivity contribution in [2.75, 3.05) is 47.0 Å². The lowest BCUT2D eigenvalue weighted by atomic mass is 9.73. The molecule has 2 saturated heterocycles. The van der Waals surface area contributed by atoms with Gasteiger partial charge in [0.05, 0.1) is 50.1 Å². The van der Waals surface area contributed by atoms with Crippen LogP contribution in [0.5, 0.6) is 40.2 Å². The van der Waals surface area contributed by atoms with Crippen LogP contribution in [0.25, 0.3) is 0 Å². The maximum atomic E-state index is 14.9. The van der Waals surface area contributed by atoms with E-state index in [1.807, 2.05) is 24.9 Å². The number of piperazine rings is 1. The first-order valence-electron chi connectivity index (χ1n) is 19.7. The first-order valence-corrected chi connectivity index (χ1v) is 20.7. The quantitative estimate of drug-likeness (QED) is 0.128. The summed E-state index contributed by atoms with van der Waals surface area (Å²) in [6.07, 6.45) is -0.366. The Balaban J connectivity index is 1.26. The van der Waals surface area contributed by atoms with Crippen molar-refractivity contribution in [1.29, 1.82) is 0 Å². The van der Waals surface area contributed by atoms with E-state index in [4.69, 9.17) is 42.6 Å². The van der Waals surface area contributed by atoms with Gasteiger partial charge in [-0.05, 0) is 68.1 Å². The predicted molar refractivity (Wildman–Crippen MR) is 216 cm³/mol. The molecule has 322 valence electrons. The van der Waals surface area contributed by atoms with Crippen molar-refractivity contribution in [2.45, 2.75) is 67.9 Å². The van der Waals surface area contributed by atoms with E-state index in [9.17, 15) is 24.6 Å². The fourth-order valence-electron chi connectivity index (χ4n) is 10.2. The summed E-state index contributed by atoms with van der Waals surface area (Å²) in [7, 11) is 4.83. The van der Waals surface area contributed by atoms with Crippen LogP contribution < -0.4 is 33.7 Å². The van der Waals surface area contributed by atoms with Gasteiger partial charge in [-0.25, -0.2) is 14.4 Å². The van der Waals surface area contributed by atoms with Crippen LogP contribution in [0.4, 0.5) is 9.59 Å². The number of phenolic OH excluding ortho intramolecular Hbond substituents is 1. The van der Waals surface area contributed by atoms with Crippen LogP contribution in [-0.4, -0.2) is 104 Å². The summed E-state index contributed by atoms with van der Waals surface area (Å²) in [5, 5.41) is 27.8. The Labute approximate surface area is 355 Å². The van der Waals surface area contributed by atoms with Crippen molar-refractivity contribution in [2.24, 2.45) is 0 Å². The van der Waals surface area contributed by atoms with Crippen molar-refractivity contribution in [3.05, 3.63) is 88.4 Å². The van der Waals surface area contributed by atoms with Crippen molar-refractivity contribution < 1.29 is 67.2 Å². The van der Waals surface area contributed by atoms with Gasteiger partial charge in [-0.2, -0.15) is 0 Å². The Morgan fingerprint density at radius 2 is 1.69 bits per heavy atom. The van der Waals surface area contributed by atoms with E-state index in [1.54, 1.807) is 19.1 Å². The maximum absolute atomic E-state index is 14.9. The number of aromatic hydroxyl groups is 1. The van der Waals surface area contributed by atoms with Gasteiger partial charge >= 0.3 is 18.3 Å². The first-order chi connectivity index (χ1) is 29.4. The third kappa shape index (κ3) is 6.09. The lowest BCUT2D eigenvalue weighted by Crippen LogP contribution is -2.70. The Morgan fingerprint density at radius 1 is 0.951 bits per heavy atom. The molecule has 7 aliphatic rings. The molecule has 0 radical (unpaired) electrons. The summed E-state index contributed by atoms with van der Waals surface area (Å²) in [6.45, 7) is 10.5. The van der Waals surface area contributed by atoms with Gasteiger partial charge in [0.25, 0.3) is 0 Å². The number of carbonyl (C=O) groups excluding carboxylic acids is 3. The molecule has 0 aromatic heterocycles. The van der Waals surface area contributed by atoms with E-state index in [1.165, 1.54) is 26.0 Å². The van der Waals surface area contributed by atoms with E-state index >= 15 is 0 Å². The third-order valence-corrected chi connectivity index (χ3v) is 14.2. The van der Waals surface area contributed by atoms with E-state index < -0.39 is 59.5 Å². The van der Waals surface area contributed by atoms with Gasteiger partial charge in [-0.1, -0.05) is 19.2 Å². The summed E-state index contributed by atoms with van der Waals surface area (Å²) in [4.78, 5) is 44.4. The average molecular weight is 860 g/mol. The number of thioether (sulfide) groups is 1. The van der Waals surface area contributed by atoms with Gasteiger partial charge in [-0.3, -0.25) is 15.1 Å². The zero-order valence-corrected chi connectivity index (χ0v) is 34.9. The standard InChI is InChI=1S/C43H45N3O14S/c1-8-54-41(50)59-27-14-21-10-11-44-43(23(21)15-26(27)52-6)17-61-38-30-29(36-35(57-18-58-36)20(4)33(30)47)25(16-56-40(43)49)46-32(38)31-28-22(13-24(39(46)48)45(31)5)12-19(3)34(53-7)37(28)60-42(51)55-9-2/h8-9,12,14-15,24-25,31-32,38-39,44,47-48H,1-2,10-11,13,16-18H2,3-7H3/t24-,25-,31-,32?,38+,39-,43+/m0/s1. The Morgan fingerprint density at radius 3 is 2.41 bits per heavy atom. The molecule has 10 rings (SSSR count). The molecule has 2 fully saturated rings. The number of aryl methyl sites for hydroxylation is 1. The zero-order valence-electron chi connectivity index (χ0n) is 34.1. The number of hydrogen-bond donors (Lipinski definition) is 3. The number of nitrogens with one attached hydrogen (secondary N) is 1. The summed E-state index contributed by atoms with van der Waals surface area (Å²) < 4.78 is 51.3. The zero-order chi connectivity index (χ0) is 43.1. The van der Waals surface area contributed by atoms with Crippen LogP contribution in [0.3, 0.4) is 0 Å². The second-order valence-corrected chi connectivity index (χ2v) is 16.7. The number of phenols is 1. The van der Waals surface area contributed by atoms with Crippen LogP contribution in [0.1, 0.15) is 61.8 Å². The highest BCUT2D eigenvalue weighted by Gasteiger charge is 2.61. The molecular weight excluding hydrogens is 815 g/mol. The molecule has 1 unspecified atom stereocenters. The molecule has 7 heterocycles. The van der Waals surface area contributed by atoms with Crippen LogP contribution in [0, 0.1) is 13.8 Å². The second-order valence-electron chi connectivity index (χ2n) is 15.6. The minimum absolute atomic E-state index is 0.0166. The molecule has 7 aliphatic heterocycles. The lowest BCUT2D eigenvalue weighted by molar-refractivity contribution is -0.186. The molecule has 0 aliphatic carbocycles.